The van der Waals surface area contributed by atoms with Crippen molar-refractivity contribution in [3.63, 3.8) is 0 Å². The van der Waals surface area contributed by atoms with Crippen LogP contribution in [0.4, 0.5) is 15.8 Å². The summed E-state index contributed by atoms with van der Waals surface area (Å²) in [5.74, 6) is -0.205. The van der Waals surface area contributed by atoms with Gasteiger partial charge in [-0.3, -0.25) is 0 Å². The summed E-state index contributed by atoms with van der Waals surface area (Å²) in [7, 11) is 0. The Morgan fingerprint density at radius 2 is 1.95 bits per heavy atom. The summed E-state index contributed by atoms with van der Waals surface area (Å²) >= 11 is 5.93. The van der Waals surface area contributed by atoms with Crippen LogP contribution in [0.5, 0.6) is 0 Å². The molecular formula is C16H18ClFN2. The molecule has 0 aliphatic heterocycles. The van der Waals surface area contributed by atoms with Crippen LogP contribution in [-0.4, -0.2) is 19.6 Å². The van der Waals surface area contributed by atoms with Crippen LogP contribution < -0.4 is 10.2 Å². The van der Waals surface area contributed by atoms with Crippen LogP contribution in [-0.2, 0) is 0 Å². The SMILES string of the molecule is CCN(CCNc1cccc(Cl)c1)c1cccc(F)c1. The highest BCUT2D eigenvalue weighted by molar-refractivity contribution is 6.30. The van der Waals surface area contributed by atoms with Crippen LogP contribution in [0.25, 0.3) is 0 Å². The third kappa shape index (κ3) is 4.14. The molecule has 0 heterocycles. The van der Waals surface area contributed by atoms with Gasteiger partial charge in [-0.2, -0.15) is 0 Å². The maximum Gasteiger partial charge on any atom is 0.125 e. The van der Waals surface area contributed by atoms with E-state index in [0.717, 1.165) is 31.0 Å². The van der Waals surface area contributed by atoms with E-state index in [9.17, 15) is 4.39 Å². The number of benzene rings is 2. The largest absolute Gasteiger partial charge is 0.383 e. The van der Waals surface area contributed by atoms with Crippen molar-refractivity contribution in [3.05, 3.63) is 59.4 Å². The molecule has 0 unspecified atom stereocenters. The van der Waals surface area contributed by atoms with Gasteiger partial charge in [-0.15, -0.1) is 0 Å². The van der Waals surface area contributed by atoms with Gasteiger partial charge in [-0.1, -0.05) is 23.7 Å². The average molecular weight is 293 g/mol. The van der Waals surface area contributed by atoms with E-state index in [-0.39, 0.29) is 5.82 Å². The number of halogens is 2. The van der Waals surface area contributed by atoms with Crippen LogP contribution in [0.15, 0.2) is 48.5 Å². The minimum absolute atomic E-state index is 0.205. The summed E-state index contributed by atoms with van der Waals surface area (Å²) in [5.41, 5.74) is 1.90. The maximum atomic E-state index is 13.2. The lowest BCUT2D eigenvalue weighted by atomic mass is 10.2. The Labute approximate surface area is 124 Å². The van der Waals surface area contributed by atoms with Gasteiger partial charge in [0.15, 0.2) is 0 Å². The lowest BCUT2D eigenvalue weighted by molar-refractivity contribution is 0.626. The molecule has 20 heavy (non-hydrogen) atoms. The Bertz CT molecular complexity index is 560. The summed E-state index contributed by atoms with van der Waals surface area (Å²) in [5, 5.41) is 4.03. The number of hydrogen-bond acceptors (Lipinski definition) is 2. The Morgan fingerprint density at radius 1 is 1.15 bits per heavy atom. The van der Waals surface area contributed by atoms with Gasteiger partial charge in [0.25, 0.3) is 0 Å². The molecule has 4 heteroatoms. The van der Waals surface area contributed by atoms with Crippen molar-refractivity contribution in [2.75, 3.05) is 29.9 Å². The molecule has 0 aromatic heterocycles. The fourth-order valence-electron chi connectivity index (χ4n) is 2.08. The standard InChI is InChI=1S/C16H18ClFN2/c1-2-20(16-8-4-6-14(18)12-16)10-9-19-15-7-3-5-13(17)11-15/h3-8,11-12,19H,2,9-10H2,1H3. The highest BCUT2D eigenvalue weighted by Crippen LogP contribution is 2.16. The molecule has 106 valence electrons. The minimum Gasteiger partial charge on any atom is -0.383 e. The van der Waals surface area contributed by atoms with Crippen LogP contribution >= 0.6 is 11.6 Å². The molecule has 2 aromatic rings. The van der Waals surface area contributed by atoms with Gasteiger partial charge in [0, 0.05) is 36.0 Å². The Hall–Kier alpha value is -1.74. The van der Waals surface area contributed by atoms with Crippen LogP contribution in [0.2, 0.25) is 5.02 Å². The van der Waals surface area contributed by atoms with E-state index in [4.69, 9.17) is 11.6 Å². The summed E-state index contributed by atoms with van der Waals surface area (Å²) < 4.78 is 13.2. The smallest absolute Gasteiger partial charge is 0.125 e. The topological polar surface area (TPSA) is 15.3 Å². The molecule has 0 radical (unpaired) electrons. The molecule has 0 amide bonds. The summed E-state index contributed by atoms with van der Waals surface area (Å²) in [4.78, 5) is 2.13. The lowest BCUT2D eigenvalue weighted by Crippen LogP contribution is -2.28. The van der Waals surface area contributed by atoms with Gasteiger partial charge in [0.2, 0.25) is 0 Å². The zero-order chi connectivity index (χ0) is 14.4. The van der Waals surface area contributed by atoms with Gasteiger partial charge in [-0.05, 0) is 43.3 Å². The fourth-order valence-corrected chi connectivity index (χ4v) is 2.27. The zero-order valence-corrected chi connectivity index (χ0v) is 12.2. The minimum atomic E-state index is -0.205. The molecule has 2 nitrogen and oxygen atoms in total. The van der Waals surface area contributed by atoms with E-state index < -0.39 is 0 Å². The number of rotatable bonds is 6. The van der Waals surface area contributed by atoms with Crippen LogP contribution in [0, 0.1) is 5.82 Å². The van der Waals surface area contributed by atoms with Crippen molar-refractivity contribution in [1.29, 1.82) is 0 Å². The molecule has 2 rings (SSSR count). The van der Waals surface area contributed by atoms with Gasteiger partial charge < -0.3 is 10.2 Å². The number of nitrogens with one attached hydrogen (secondary N) is 1. The highest BCUT2D eigenvalue weighted by Gasteiger charge is 2.04. The second kappa shape index (κ2) is 7.15. The van der Waals surface area contributed by atoms with Crippen LogP contribution in [0.3, 0.4) is 0 Å². The van der Waals surface area contributed by atoms with Crippen molar-refractivity contribution < 1.29 is 4.39 Å². The normalized spacial score (nSPS) is 10.3. The zero-order valence-electron chi connectivity index (χ0n) is 11.4. The van der Waals surface area contributed by atoms with E-state index in [1.54, 1.807) is 12.1 Å². The van der Waals surface area contributed by atoms with E-state index in [0.29, 0.717) is 5.02 Å². The lowest BCUT2D eigenvalue weighted by Gasteiger charge is -2.23. The van der Waals surface area contributed by atoms with Crippen molar-refractivity contribution in [2.24, 2.45) is 0 Å². The third-order valence-electron chi connectivity index (χ3n) is 3.09. The molecule has 0 aliphatic carbocycles. The molecule has 0 bridgehead atoms. The predicted molar refractivity (Wildman–Crippen MR) is 84.2 cm³/mol. The van der Waals surface area contributed by atoms with Gasteiger partial charge in [-0.25, -0.2) is 4.39 Å². The molecular weight excluding hydrogens is 275 g/mol. The molecule has 1 N–H and O–H groups in total. The highest BCUT2D eigenvalue weighted by atomic mass is 35.5. The number of nitrogens with zero attached hydrogens (tertiary/aromatic N) is 1. The molecule has 0 saturated heterocycles. The molecule has 2 aromatic carbocycles. The van der Waals surface area contributed by atoms with Crippen LogP contribution in [0.1, 0.15) is 6.92 Å². The first-order valence-corrected chi connectivity index (χ1v) is 7.07. The maximum absolute atomic E-state index is 13.2. The summed E-state index contributed by atoms with van der Waals surface area (Å²) in [6.07, 6.45) is 0. The first-order valence-electron chi connectivity index (χ1n) is 6.69. The molecule has 0 atom stereocenters. The molecule has 0 spiro atoms. The number of anilines is 2. The van der Waals surface area contributed by atoms with Crippen molar-refractivity contribution in [2.45, 2.75) is 6.92 Å². The van der Waals surface area contributed by atoms with E-state index in [2.05, 4.69) is 17.1 Å². The number of likely N-dealkylation sites (N-methyl/N-ethyl adjacent to an activating group) is 1. The van der Waals surface area contributed by atoms with Crippen molar-refractivity contribution in [3.8, 4) is 0 Å². The van der Waals surface area contributed by atoms with Crippen molar-refractivity contribution >= 4 is 23.0 Å². The second-order valence-corrected chi connectivity index (χ2v) is 4.93. The first-order chi connectivity index (χ1) is 9.69. The molecule has 0 saturated carbocycles. The summed E-state index contributed by atoms with van der Waals surface area (Å²) in [6.45, 7) is 4.46. The number of hydrogen-bond donors (Lipinski definition) is 1. The fraction of sp³-hybridized carbons (Fsp3) is 0.250. The average Bonchev–Trinajstić information content (AvgIpc) is 2.44. The third-order valence-corrected chi connectivity index (χ3v) is 3.33. The second-order valence-electron chi connectivity index (χ2n) is 4.50. The van der Waals surface area contributed by atoms with Crippen molar-refractivity contribution in [1.82, 2.24) is 0 Å². The van der Waals surface area contributed by atoms with Gasteiger partial charge in [0.05, 0.1) is 0 Å². The molecule has 0 aliphatic rings. The first kappa shape index (κ1) is 14.7. The summed E-state index contributed by atoms with van der Waals surface area (Å²) in [6, 6.07) is 14.3. The molecule has 0 fully saturated rings. The van der Waals surface area contributed by atoms with E-state index in [1.807, 2.05) is 30.3 Å². The van der Waals surface area contributed by atoms with E-state index in [1.165, 1.54) is 6.07 Å². The van der Waals surface area contributed by atoms with E-state index >= 15 is 0 Å². The Morgan fingerprint density at radius 3 is 2.65 bits per heavy atom. The predicted octanol–water partition coefficient (Wildman–Crippen LogP) is 4.42. The Balaban J connectivity index is 1.91. The quantitative estimate of drug-likeness (QED) is 0.848. The van der Waals surface area contributed by atoms with Gasteiger partial charge >= 0.3 is 0 Å². The Kier molecular flexibility index (Phi) is 5.24. The monoisotopic (exact) mass is 292 g/mol. The van der Waals surface area contributed by atoms with Gasteiger partial charge in [0.1, 0.15) is 5.82 Å².